The molecule has 2 aromatic rings. The number of hydrogen-bond acceptors (Lipinski definition) is 3. The molecule has 4 N–H and O–H groups in total. The third-order valence-corrected chi connectivity index (χ3v) is 2.02. The number of benzene rings is 1. The van der Waals surface area contributed by atoms with Crippen LogP contribution in [0.5, 0.6) is 0 Å². The molecule has 15 heavy (non-hydrogen) atoms. The summed E-state index contributed by atoms with van der Waals surface area (Å²) < 4.78 is 13.0. The fourth-order valence-corrected chi connectivity index (χ4v) is 1.41. The lowest BCUT2D eigenvalue weighted by molar-refractivity contribution is 0.628. The Hall–Kier alpha value is -2.10. The smallest absolute Gasteiger partial charge is 0.126 e. The molecule has 1 aromatic carbocycles. The van der Waals surface area contributed by atoms with Crippen molar-refractivity contribution in [2.24, 2.45) is 0 Å². The molecule has 0 radical (unpaired) electrons. The highest BCUT2D eigenvalue weighted by atomic mass is 19.1. The quantitative estimate of drug-likeness (QED) is 0.745. The van der Waals surface area contributed by atoms with E-state index in [0.717, 1.165) is 11.1 Å². The molecule has 3 nitrogen and oxygen atoms in total. The molecule has 0 saturated carbocycles. The molecule has 1 heterocycles. The minimum absolute atomic E-state index is 0.290. The monoisotopic (exact) mass is 203 g/mol. The highest BCUT2D eigenvalue weighted by Crippen LogP contribution is 2.23. The van der Waals surface area contributed by atoms with Gasteiger partial charge < -0.3 is 11.5 Å². The van der Waals surface area contributed by atoms with Gasteiger partial charge in [0.1, 0.15) is 17.5 Å². The number of nitrogen functional groups attached to an aromatic ring is 2. The highest BCUT2D eigenvalue weighted by molar-refractivity contribution is 5.68. The first-order chi connectivity index (χ1) is 7.15. The Morgan fingerprint density at radius 3 is 2.20 bits per heavy atom. The molecule has 0 fully saturated rings. The third kappa shape index (κ3) is 2.04. The number of nitrogens with zero attached hydrogens (tertiary/aromatic N) is 1. The summed E-state index contributed by atoms with van der Waals surface area (Å²) in [5.74, 6) is 0.366. The molecule has 0 aliphatic carbocycles. The number of rotatable bonds is 1. The molecule has 4 heteroatoms. The van der Waals surface area contributed by atoms with Crippen LogP contribution >= 0.6 is 0 Å². The maximum atomic E-state index is 13.0. The second kappa shape index (κ2) is 3.57. The summed E-state index contributed by atoms with van der Waals surface area (Å²) >= 11 is 0. The Labute approximate surface area is 86.6 Å². The SMILES string of the molecule is Nc1cc(-c2cccc(F)c2)cc(N)n1. The van der Waals surface area contributed by atoms with Gasteiger partial charge in [0.05, 0.1) is 0 Å². The lowest BCUT2D eigenvalue weighted by Crippen LogP contribution is -1.96. The summed E-state index contributed by atoms with van der Waals surface area (Å²) in [5, 5.41) is 0. The van der Waals surface area contributed by atoms with Crippen molar-refractivity contribution in [3.05, 3.63) is 42.2 Å². The van der Waals surface area contributed by atoms with Crippen LogP contribution in [0.15, 0.2) is 36.4 Å². The molecule has 1 aromatic heterocycles. The van der Waals surface area contributed by atoms with Gasteiger partial charge in [-0.15, -0.1) is 0 Å². The third-order valence-electron chi connectivity index (χ3n) is 2.02. The number of anilines is 2. The van der Waals surface area contributed by atoms with Crippen LogP contribution in [0.1, 0.15) is 0 Å². The minimum atomic E-state index is -0.290. The van der Waals surface area contributed by atoms with E-state index in [1.165, 1.54) is 12.1 Å². The van der Waals surface area contributed by atoms with E-state index >= 15 is 0 Å². The molecule has 0 spiro atoms. The summed E-state index contributed by atoms with van der Waals surface area (Å²) in [6, 6.07) is 9.55. The summed E-state index contributed by atoms with van der Waals surface area (Å²) in [6.45, 7) is 0. The highest BCUT2D eigenvalue weighted by Gasteiger charge is 2.02. The van der Waals surface area contributed by atoms with Gasteiger partial charge in [-0.3, -0.25) is 0 Å². The van der Waals surface area contributed by atoms with E-state index < -0.39 is 0 Å². The fourth-order valence-electron chi connectivity index (χ4n) is 1.41. The topological polar surface area (TPSA) is 64.9 Å². The maximum absolute atomic E-state index is 13.0. The Bertz CT molecular complexity index is 477. The van der Waals surface area contributed by atoms with Crippen LogP contribution < -0.4 is 11.5 Å². The van der Waals surface area contributed by atoms with Crippen molar-refractivity contribution < 1.29 is 4.39 Å². The standard InChI is InChI=1S/C11H10FN3/c12-9-3-1-2-7(4-9)8-5-10(13)15-11(14)6-8/h1-6H,(H4,13,14,15). The van der Waals surface area contributed by atoms with Gasteiger partial charge in [-0.25, -0.2) is 9.37 Å². The molecular weight excluding hydrogens is 193 g/mol. The zero-order chi connectivity index (χ0) is 10.8. The van der Waals surface area contributed by atoms with Gasteiger partial charge in [0.2, 0.25) is 0 Å². The Morgan fingerprint density at radius 1 is 0.933 bits per heavy atom. The van der Waals surface area contributed by atoms with Gasteiger partial charge in [0.15, 0.2) is 0 Å². The predicted octanol–water partition coefficient (Wildman–Crippen LogP) is 2.05. The second-order valence-corrected chi connectivity index (χ2v) is 3.22. The van der Waals surface area contributed by atoms with Crippen molar-refractivity contribution in [3.8, 4) is 11.1 Å². The van der Waals surface area contributed by atoms with Crippen LogP contribution in [0.4, 0.5) is 16.0 Å². The zero-order valence-electron chi connectivity index (χ0n) is 7.94. The van der Waals surface area contributed by atoms with Crippen molar-refractivity contribution >= 4 is 11.6 Å². The maximum Gasteiger partial charge on any atom is 0.126 e. The number of pyridine rings is 1. The Kier molecular flexibility index (Phi) is 2.25. The molecule has 76 valence electrons. The average Bonchev–Trinajstić information content (AvgIpc) is 2.16. The van der Waals surface area contributed by atoms with Crippen LogP contribution in [-0.4, -0.2) is 4.98 Å². The first kappa shape index (κ1) is 9.45. The molecule has 0 unspecified atom stereocenters. The summed E-state index contributed by atoms with van der Waals surface area (Å²) in [7, 11) is 0. The Balaban J connectivity index is 2.54. The van der Waals surface area contributed by atoms with Gasteiger partial charge in [-0.1, -0.05) is 12.1 Å². The summed E-state index contributed by atoms with van der Waals surface area (Å²) in [5.41, 5.74) is 12.6. The molecule has 0 bridgehead atoms. The molecule has 0 aliphatic heterocycles. The van der Waals surface area contributed by atoms with Gasteiger partial charge >= 0.3 is 0 Å². The minimum Gasteiger partial charge on any atom is -0.384 e. The summed E-state index contributed by atoms with van der Waals surface area (Å²) in [4.78, 5) is 3.84. The number of nitrogens with two attached hydrogens (primary N) is 2. The van der Waals surface area contributed by atoms with Gasteiger partial charge in [-0.05, 0) is 35.4 Å². The van der Waals surface area contributed by atoms with E-state index in [4.69, 9.17) is 11.5 Å². The van der Waals surface area contributed by atoms with E-state index in [0.29, 0.717) is 11.6 Å². The second-order valence-electron chi connectivity index (χ2n) is 3.22. The predicted molar refractivity (Wildman–Crippen MR) is 58.5 cm³/mol. The number of aromatic nitrogens is 1. The van der Waals surface area contributed by atoms with Crippen LogP contribution in [0.2, 0.25) is 0 Å². The van der Waals surface area contributed by atoms with Crippen LogP contribution in [-0.2, 0) is 0 Å². The molecule has 2 rings (SSSR count). The molecule has 0 saturated heterocycles. The van der Waals surface area contributed by atoms with Gasteiger partial charge in [0, 0.05) is 0 Å². The summed E-state index contributed by atoms with van der Waals surface area (Å²) in [6.07, 6.45) is 0. The van der Waals surface area contributed by atoms with Crippen molar-refractivity contribution in [2.45, 2.75) is 0 Å². The molecule has 0 atom stereocenters. The van der Waals surface area contributed by atoms with Crippen molar-refractivity contribution in [1.82, 2.24) is 4.98 Å². The van der Waals surface area contributed by atoms with Crippen LogP contribution in [0, 0.1) is 5.82 Å². The molecule has 0 aliphatic rings. The van der Waals surface area contributed by atoms with E-state index in [1.807, 2.05) is 0 Å². The average molecular weight is 203 g/mol. The van der Waals surface area contributed by atoms with Gasteiger partial charge in [-0.2, -0.15) is 0 Å². The molecular formula is C11H10FN3. The van der Waals surface area contributed by atoms with E-state index in [1.54, 1.807) is 24.3 Å². The lowest BCUT2D eigenvalue weighted by atomic mass is 10.1. The van der Waals surface area contributed by atoms with Crippen LogP contribution in [0.3, 0.4) is 0 Å². The molecule has 0 amide bonds. The van der Waals surface area contributed by atoms with Crippen LogP contribution in [0.25, 0.3) is 11.1 Å². The van der Waals surface area contributed by atoms with Crippen molar-refractivity contribution in [3.63, 3.8) is 0 Å². The Morgan fingerprint density at radius 2 is 1.60 bits per heavy atom. The largest absolute Gasteiger partial charge is 0.384 e. The number of hydrogen-bond donors (Lipinski definition) is 2. The van der Waals surface area contributed by atoms with E-state index in [2.05, 4.69) is 4.98 Å². The number of halogens is 1. The van der Waals surface area contributed by atoms with Crippen molar-refractivity contribution in [2.75, 3.05) is 11.5 Å². The zero-order valence-corrected chi connectivity index (χ0v) is 7.94. The van der Waals surface area contributed by atoms with E-state index in [9.17, 15) is 4.39 Å². The van der Waals surface area contributed by atoms with E-state index in [-0.39, 0.29) is 5.82 Å². The first-order valence-corrected chi connectivity index (χ1v) is 4.44. The lowest BCUT2D eigenvalue weighted by Gasteiger charge is -2.04. The van der Waals surface area contributed by atoms with Gasteiger partial charge in [0.25, 0.3) is 0 Å². The van der Waals surface area contributed by atoms with Crippen molar-refractivity contribution in [1.29, 1.82) is 0 Å². The first-order valence-electron chi connectivity index (χ1n) is 4.44. The normalized spacial score (nSPS) is 10.2. The fraction of sp³-hybridized carbons (Fsp3) is 0.